The molecule has 1 aromatic carbocycles. The Hall–Kier alpha value is -2.18. The zero-order valence-electron chi connectivity index (χ0n) is 8.81. The number of benzene rings is 1. The topological polar surface area (TPSA) is 47.3 Å². The van der Waals surface area contributed by atoms with Crippen LogP contribution in [0.15, 0.2) is 15.3 Å². The van der Waals surface area contributed by atoms with Gasteiger partial charge in [-0.05, 0) is 13.0 Å². The number of halogens is 4. The highest BCUT2D eigenvalue weighted by atomic mass is 19.2. The third kappa shape index (κ3) is 1.59. The molecule has 94 valence electrons. The van der Waals surface area contributed by atoms with Gasteiger partial charge in [-0.15, -0.1) is 0 Å². The first-order valence-electron chi connectivity index (χ1n) is 4.65. The zero-order valence-corrected chi connectivity index (χ0v) is 8.81. The van der Waals surface area contributed by atoms with E-state index in [4.69, 9.17) is 0 Å². The Labute approximate surface area is 96.6 Å². The summed E-state index contributed by atoms with van der Waals surface area (Å²) < 4.78 is 56.8. The number of ketones is 1. The summed E-state index contributed by atoms with van der Waals surface area (Å²) in [6, 6.07) is 0.629. The fourth-order valence-electron chi connectivity index (χ4n) is 1.45. The molecule has 0 unspecified atom stereocenters. The lowest BCUT2D eigenvalue weighted by Crippen LogP contribution is -2.13. The molecule has 1 aromatic heterocycles. The number of hydrogen-bond donors (Lipinski definition) is 0. The molecule has 0 atom stereocenters. The van der Waals surface area contributed by atoms with Crippen LogP contribution in [0.1, 0.15) is 17.3 Å². The SMILES string of the molecule is CC(=O)c1cc2c(F)c(F)c(F)c(F)c2oc1=O. The summed E-state index contributed by atoms with van der Waals surface area (Å²) in [5.74, 6) is -8.44. The Morgan fingerprint density at radius 1 is 1.06 bits per heavy atom. The molecule has 0 amide bonds. The highest BCUT2D eigenvalue weighted by Gasteiger charge is 2.24. The average Bonchev–Trinajstić information content (AvgIpc) is 2.33. The van der Waals surface area contributed by atoms with Crippen LogP contribution in [0.5, 0.6) is 0 Å². The van der Waals surface area contributed by atoms with Crippen molar-refractivity contribution < 1.29 is 26.8 Å². The van der Waals surface area contributed by atoms with Crippen molar-refractivity contribution in [1.82, 2.24) is 0 Å². The first-order chi connectivity index (χ1) is 8.34. The summed E-state index contributed by atoms with van der Waals surface area (Å²) in [5, 5.41) is -0.809. The summed E-state index contributed by atoms with van der Waals surface area (Å²) in [6.07, 6.45) is 0. The van der Waals surface area contributed by atoms with Gasteiger partial charge in [0, 0.05) is 0 Å². The molecule has 2 rings (SSSR count). The average molecular weight is 260 g/mol. The second-order valence-electron chi connectivity index (χ2n) is 3.50. The van der Waals surface area contributed by atoms with Crippen molar-refractivity contribution in [3.05, 3.63) is 45.3 Å². The lowest BCUT2D eigenvalue weighted by atomic mass is 10.1. The van der Waals surface area contributed by atoms with E-state index in [1.807, 2.05) is 0 Å². The summed E-state index contributed by atoms with van der Waals surface area (Å²) in [7, 11) is 0. The minimum absolute atomic E-state index is 0.577. The lowest BCUT2D eigenvalue weighted by molar-refractivity contribution is 0.101. The number of Topliss-reactive ketones (excluding diaryl/α,β-unsaturated/α-hetero) is 1. The van der Waals surface area contributed by atoms with Crippen molar-refractivity contribution in [2.75, 3.05) is 0 Å². The number of hydrogen-bond acceptors (Lipinski definition) is 3. The van der Waals surface area contributed by atoms with Crippen molar-refractivity contribution in [1.29, 1.82) is 0 Å². The van der Waals surface area contributed by atoms with Crippen molar-refractivity contribution >= 4 is 16.8 Å². The van der Waals surface area contributed by atoms with Gasteiger partial charge < -0.3 is 4.42 Å². The van der Waals surface area contributed by atoms with E-state index in [0.29, 0.717) is 6.07 Å². The fourth-order valence-corrected chi connectivity index (χ4v) is 1.45. The number of fused-ring (bicyclic) bond motifs is 1. The molecule has 7 heteroatoms. The molecular weight excluding hydrogens is 256 g/mol. The standard InChI is InChI=1S/C11H4F4O3/c1-3(16)4-2-5-6(12)7(13)8(14)9(15)10(5)18-11(4)17/h2H,1H3. The van der Waals surface area contributed by atoms with E-state index < -0.39 is 51.2 Å². The molecule has 0 aliphatic heterocycles. The van der Waals surface area contributed by atoms with Gasteiger partial charge in [-0.25, -0.2) is 18.0 Å². The maximum atomic E-state index is 13.4. The second-order valence-corrected chi connectivity index (χ2v) is 3.50. The van der Waals surface area contributed by atoms with Gasteiger partial charge in [0.25, 0.3) is 0 Å². The van der Waals surface area contributed by atoms with Gasteiger partial charge in [0.1, 0.15) is 5.56 Å². The van der Waals surface area contributed by atoms with E-state index in [-0.39, 0.29) is 0 Å². The highest BCUT2D eigenvalue weighted by molar-refractivity contribution is 5.96. The van der Waals surface area contributed by atoms with E-state index in [2.05, 4.69) is 4.42 Å². The van der Waals surface area contributed by atoms with E-state index in [1.165, 1.54) is 0 Å². The van der Waals surface area contributed by atoms with Gasteiger partial charge >= 0.3 is 5.63 Å². The van der Waals surface area contributed by atoms with Crippen LogP contribution in [0, 0.1) is 23.3 Å². The summed E-state index contributed by atoms with van der Waals surface area (Å²) in [6.45, 7) is 0.992. The summed E-state index contributed by atoms with van der Waals surface area (Å²) in [5.41, 5.74) is -2.90. The van der Waals surface area contributed by atoms with Crippen molar-refractivity contribution in [3.8, 4) is 0 Å². The molecule has 0 radical (unpaired) electrons. The molecule has 0 N–H and O–H groups in total. The van der Waals surface area contributed by atoms with Crippen LogP contribution >= 0.6 is 0 Å². The summed E-state index contributed by atoms with van der Waals surface area (Å²) >= 11 is 0. The first kappa shape index (κ1) is 12.3. The fraction of sp³-hybridized carbons (Fsp3) is 0.0909. The van der Waals surface area contributed by atoms with E-state index in [1.54, 1.807) is 0 Å². The smallest absolute Gasteiger partial charge is 0.347 e. The Balaban J connectivity index is 3.03. The van der Waals surface area contributed by atoms with Crippen LogP contribution in [0.4, 0.5) is 17.6 Å². The molecule has 18 heavy (non-hydrogen) atoms. The molecule has 0 fully saturated rings. The predicted octanol–water partition coefficient (Wildman–Crippen LogP) is 2.55. The van der Waals surface area contributed by atoms with Crippen molar-refractivity contribution in [2.24, 2.45) is 0 Å². The molecule has 0 aliphatic carbocycles. The Morgan fingerprint density at radius 2 is 1.61 bits per heavy atom. The maximum Gasteiger partial charge on any atom is 0.347 e. The zero-order chi connectivity index (χ0) is 13.6. The lowest BCUT2D eigenvalue weighted by Gasteiger charge is -2.04. The molecule has 0 aliphatic rings. The van der Waals surface area contributed by atoms with Crippen molar-refractivity contribution in [2.45, 2.75) is 6.92 Å². The van der Waals surface area contributed by atoms with Gasteiger partial charge in [-0.3, -0.25) is 4.79 Å². The molecule has 0 saturated carbocycles. The molecule has 1 heterocycles. The number of carbonyl (C=O) groups excluding carboxylic acids is 1. The van der Waals surface area contributed by atoms with Crippen LogP contribution in [-0.2, 0) is 0 Å². The Bertz CT molecular complexity index is 733. The maximum absolute atomic E-state index is 13.4. The quantitative estimate of drug-likeness (QED) is 0.260. The first-order valence-corrected chi connectivity index (χ1v) is 4.65. The predicted molar refractivity (Wildman–Crippen MR) is 52.3 cm³/mol. The second kappa shape index (κ2) is 3.94. The van der Waals surface area contributed by atoms with E-state index >= 15 is 0 Å². The van der Waals surface area contributed by atoms with Gasteiger partial charge in [-0.2, -0.15) is 4.39 Å². The van der Waals surface area contributed by atoms with Crippen LogP contribution in [0.25, 0.3) is 11.0 Å². The normalized spacial score (nSPS) is 10.9. The molecule has 0 bridgehead atoms. The molecule has 3 nitrogen and oxygen atoms in total. The third-order valence-electron chi connectivity index (χ3n) is 2.34. The Morgan fingerprint density at radius 3 is 2.17 bits per heavy atom. The molecule has 0 saturated heterocycles. The van der Waals surface area contributed by atoms with Gasteiger partial charge in [-0.1, -0.05) is 0 Å². The Kier molecular flexibility index (Phi) is 2.68. The highest BCUT2D eigenvalue weighted by Crippen LogP contribution is 2.26. The number of rotatable bonds is 1. The monoisotopic (exact) mass is 260 g/mol. The van der Waals surface area contributed by atoms with Crippen LogP contribution in [-0.4, -0.2) is 5.78 Å². The third-order valence-corrected chi connectivity index (χ3v) is 2.34. The van der Waals surface area contributed by atoms with E-state index in [9.17, 15) is 27.2 Å². The minimum atomic E-state index is -2.08. The largest absolute Gasteiger partial charge is 0.419 e. The van der Waals surface area contributed by atoms with E-state index in [0.717, 1.165) is 6.92 Å². The number of carbonyl (C=O) groups is 1. The molecule has 0 spiro atoms. The van der Waals surface area contributed by atoms with Gasteiger partial charge in [0.2, 0.25) is 11.6 Å². The summed E-state index contributed by atoms with van der Waals surface area (Å²) in [4.78, 5) is 22.3. The van der Waals surface area contributed by atoms with Crippen LogP contribution in [0.3, 0.4) is 0 Å². The molecule has 2 aromatic rings. The van der Waals surface area contributed by atoms with Crippen molar-refractivity contribution in [3.63, 3.8) is 0 Å². The van der Waals surface area contributed by atoms with Gasteiger partial charge in [0.05, 0.1) is 5.39 Å². The van der Waals surface area contributed by atoms with Crippen LogP contribution in [0.2, 0.25) is 0 Å². The van der Waals surface area contributed by atoms with Gasteiger partial charge in [0.15, 0.2) is 23.0 Å². The minimum Gasteiger partial charge on any atom is -0.419 e. The van der Waals surface area contributed by atoms with Crippen LogP contribution < -0.4 is 5.63 Å². The molecular formula is C11H4F4O3.